The molecule has 0 spiro atoms. The molecular weight excluding hydrogens is 384 g/mol. The van der Waals surface area contributed by atoms with Crippen LogP contribution in [0.5, 0.6) is 0 Å². The maximum atomic E-state index is 11.9. The summed E-state index contributed by atoms with van der Waals surface area (Å²) in [4.78, 5) is 11.9. The summed E-state index contributed by atoms with van der Waals surface area (Å²) in [6.45, 7) is 1.71. The van der Waals surface area contributed by atoms with E-state index in [4.69, 9.17) is 14.7 Å². The summed E-state index contributed by atoms with van der Waals surface area (Å²) in [6, 6.07) is 9.53. The molecule has 1 saturated heterocycles. The molecule has 9 heteroatoms. The van der Waals surface area contributed by atoms with Gasteiger partial charge < -0.3 is 14.8 Å². The smallest absolute Gasteiger partial charge is 0.228 e. The van der Waals surface area contributed by atoms with Crippen LogP contribution in [-0.4, -0.2) is 42.0 Å². The summed E-state index contributed by atoms with van der Waals surface area (Å²) >= 11 is 2.89. The Kier molecular flexibility index (Phi) is 7.59. The van der Waals surface area contributed by atoms with Crippen molar-refractivity contribution in [3.63, 3.8) is 0 Å². The molecule has 1 aliphatic rings. The standard InChI is InChI=1S/C18H20N4O3S2/c19-10-13-3-5-14(6-4-13)12-26-18-22-21-17(27-18)20-16(23)7-9-24-11-15-2-1-8-25-15/h3-6,15H,1-2,7-9,11-12H2,(H,20,21,23). The minimum atomic E-state index is -0.137. The minimum absolute atomic E-state index is 0.137. The summed E-state index contributed by atoms with van der Waals surface area (Å²) in [5.74, 6) is 0.591. The first-order valence-electron chi connectivity index (χ1n) is 8.67. The molecule has 3 rings (SSSR count). The molecule has 1 aromatic carbocycles. The van der Waals surface area contributed by atoms with Gasteiger partial charge in [-0.15, -0.1) is 10.2 Å². The van der Waals surface area contributed by atoms with E-state index >= 15 is 0 Å². The molecule has 2 aromatic rings. The van der Waals surface area contributed by atoms with Crippen LogP contribution in [0.25, 0.3) is 0 Å². The minimum Gasteiger partial charge on any atom is -0.378 e. The third-order valence-corrected chi connectivity index (χ3v) is 5.94. The number of hydrogen-bond donors (Lipinski definition) is 1. The summed E-state index contributed by atoms with van der Waals surface area (Å²) in [7, 11) is 0. The van der Waals surface area contributed by atoms with Crippen molar-refractivity contribution >= 4 is 34.1 Å². The van der Waals surface area contributed by atoms with Crippen molar-refractivity contribution in [2.45, 2.75) is 35.5 Å². The van der Waals surface area contributed by atoms with Crippen LogP contribution in [0.4, 0.5) is 5.13 Å². The molecule has 1 unspecified atom stereocenters. The number of nitrogens with zero attached hydrogens (tertiary/aromatic N) is 3. The van der Waals surface area contributed by atoms with Crippen LogP contribution in [0.15, 0.2) is 28.6 Å². The quantitative estimate of drug-likeness (QED) is 0.389. The van der Waals surface area contributed by atoms with Gasteiger partial charge in [-0.1, -0.05) is 35.2 Å². The van der Waals surface area contributed by atoms with Crippen molar-refractivity contribution in [2.75, 3.05) is 25.1 Å². The van der Waals surface area contributed by atoms with Crippen LogP contribution in [-0.2, 0) is 20.0 Å². The normalized spacial score (nSPS) is 16.2. The number of rotatable bonds is 9. The molecule has 7 nitrogen and oxygen atoms in total. The third kappa shape index (κ3) is 6.59. The number of thioether (sulfide) groups is 1. The topological polar surface area (TPSA) is 97.1 Å². The van der Waals surface area contributed by atoms with Crippen LogP contribution in [0.3, 0.4) is 0 Å². The average Bonchev–Trinajstić information content (AvgIpc) is 3.36. The molecule has 1 fully saturated rings. The zero-order valence-corrected chi connectivity index (χ0v) is 16.4. The van der Waals surface area contributed by atoms with Gasteiger partial charge >= 0.3 is 0 Å². The van der Waals surface area contributed by atoms with E-state index in [0.717, 1.165) is 35.1 Å². The number of amides is 1. The van der Waals surface area contributed by atoms with Crippen LogP contribution in [0, 0.1) is 11.3 Å². The SMILES string of the molecule is N#Cc1ccc(CSc2nnc(NC(=O)CCOCC3CCCO3)s2)cc1. The van der Waals surface area contributed by atoms with E-state index in [0.29, 0.717) is 23.9 Å². The first-order chi connectivity index (χ1) is 13.2. The maximum absolute atomic E-state index is 11.9. The van der Waals surface area contributed by atoms with E-state index in [2.05, 4.69) is 21.6 Å². The Morgan fingerprint density at radius 2 is 2.26 bits per heavy atom. The highest BCUT2D eigenvalue weighted by Crippen LogP contribution is 2.28. The van der Waals surface area contributed by atoms with Crippen molar-refractivity contribution < 1.29 is 14.3 Å². The fourth-order valence-corrected chi connectivity index (χ4v) is 4.20. The molecule has 0 saturated carbocycles. The van der Waals surface area contributed by atoms with Gasteiger partial charge in [-0.3, -0.25) is 4.79 Å². The van der Waals surface area contributed by atoms with E-state index in [1.807, 2.05) is 12.1 Å². The van der Waals surface area contributed by atoms with E-state index < -0.39 is 0 Å². The Bertz CT molecular complexity index is 783. The van der Waals surface area contributed by atoms with Crippen molar-refractivity contribution in [3.8, 4) is 6.07 Å². The first-order valence-corrected chi connectivity index (χ1v) is 10.5. The monoisotopic (exact) mass is 404 g/mol. The predicted molar refractivity (Wildman–Crippen MR) is 104 cm³/mol. The number of ether oxygens (including phenoxy) is 2. The van der Waals surface area contributed by atoms with E-state index in [-0.39, 0.29) is 18.4 Å². The van der Waals surface area contributed by atoms with Gasteiger partial charge in [-0.2, -0.15) is 5.26 Å². The summed E-state index contributed by atoms with van der Waals surface area (Å²) < 4.78 is 11.7. The lowest BCUT2D eigenvalue weighted by molar-refractivity contribution is -0.117. The molecule has 1 aliphatic heterocycles. The summed E-state index contributed by atoms with van der Waals surface area (Å²) in [5.41, 5.74) is 1.74. The number of benzene rings is 1. The first kappa shape index (κ1) is 19.8. The second-order valence-electron chi connectivity index (χ2n) is 5.98. The number of nitrogens with one attached hydrogen (secondary N) is 1. The average molecular weight is 405 g/mol. The molecule has 1 atom stereocenters. The van der Waals surface area contributed by atoms with Crippen molar-refractivity contribution in [3.05, 3.63) is 35.4 Å². The van der Waals surface area contributed by atoms with Gasteiger partial charge in [0.2, 0.25) is 11.0 Å². The summed E-state index contributed by atoms with van der Waals surface area (Å²) in [5, 5.41) is 20.1. The van der Waals surface area contributed by atoms with E-state index in [9.17, 15) is 4.79 Å². The number of hydrogen-bond acceptors (Lipinski definition) is 8. The Hall–Kier alpha value is -1.99. The maximum Gasteiger partial charge on any atom is 0.228 e. The molecule has 2 heterocycles. The van der Waals surface area contributed by atoms with Crippen molar-refractivity contribution in [2.24, 2.45) is 0 Å². The molecule has 1 N–H and O–H groups in total. The second-order valence-corrected chi connectivity index (χ2v) is 8.18. The molecule has 142 valence electrons. The molecular formula is C18H20N4O3S2. The Morgan fingerprint density at radius 1 is 1.41 bits per heavy atom. The lowest BCUT2D eigenvalue weighted by Gasteiger charge is -2.09. The fourth-order valence-electron chi connectivity index (χ4n) is 2.48. The molecule has 27 heavy (non-hydrogen) atoms. The van der Waals surface area contributed by atoms with Crippen LogP contribution >= 0.6 is 23.1 Å². The zero-order valence-electron chi connectivity index (χ0n) is 14.7. The zero-order chi connectivity index (χ0) is 18.9. The summed E-state index contributed by atoms with van der Waals surface area (Å²) in [6.07, 6.45) is 2.56. The fraction of sp³-hybridized carbons (Fsp3) is 0.444. The lowest BCUT2D eigenvalue weighted by atomic mass is 10.2. The third-order valence-electron chi connectivity index (χ3n) is 3.90. The van der Waals surface area contributed by atoms with Gasteiger partial charge in [-0.05, 0) is 30.5 Å². The number of nitriles is 1. The van der Waals surface area contributed by atoms with Gasteiger partial charge in [0.05, 0.1) is 37.4 Å². The van der Waals surface area contributed by atoms with E-state index in [1.165, 1.54) is 11.3 Å². The Morgan fingerprint density at radius 3 is 3.00 bits per heavy atom. The Labute approximate surface area is 166 Å². The van der Waals surface area contributed by atoms with Gasteiger partial charge in [0.25, 0.3) is 0 Å². The van der Waals surface area contributed by atoms with Crippen LogP contribution in [0.2, 0.25) is 0 Å². The molecule has 0 bridgehead atoms. The number of carbonyl (C=O) groups is 1. The second kappa shape index (κ2) is 10.4. The van der Waals surface area contributed by atoms with Gasteiger partial charge in [0.1, 0.15) is 0 Å². The molecule has 0 radical (unpaired) electrons. The lowest BCUT2D eigenvalue weighted by Crippen LogP contribution is -2.18. The highest BCUT2D eigenvalue weighted by molar-refractivity contribution is 8.00. The molecule has 1 aromatic heterocycles. The van der Waals surface area contributed by atoms with Crippen molar-refractivity contribution in [1.29, 1.82) is 5.26 Å². The Balaban J connectivity index is 1.35. The molecule has 1 amide bonds. The number of anilines is 1. The van der Waals surface area contributed by atoms with Crippen LogP contribution in [0.1, 0.15) is 30.4 Å². The van der Waals surface area contributed by atoms with Gasteiger partial charge in [-0.25, -0.2) is 0 Å². The van der Waals surface area contributed by atoms with Gasteiger partial charge in [0.15, 0.2) is 4.34 Å². The molecule has 0 aliphatic carbocycles. The highest BCUT2D eigenvalue weighted by Gasteiger charge is 2.15. The predicted octanol–water partition coefficient (Wildman–Crippen LogP) is 3.23. The van der Waals surface area contributed by atoms with Crippen LogP contribution < -0.4 is 5.32 Å². The van der Waals surface area contributed by atoms with Crippen molar-refractivity contribution in [1.82, 2.24) is 10.2 Å². The van der Waals surface area contributed by atoms with Gasteiger partial charge in [0, 0.05) is 12.4 Å². The highest BCUT2D eigenvalue weighted by atomic mass is 32.2. The van der Waals surface area contributed by atoms with E-state index in [1.54, 1.807) is 23.9 Å². The number of aromatic nitrogens is 2. The largest absolute Gasteiger partial charge is 0.378 e. The number of carbonyl (C=O) groups excluding carboxylic acids is 1.